The van der Waals surface area contributed by atoms with E-state index in [4.69, 9.17) is 15.6 Å². The molecule has 0 aliphatic carbocycles. The number of hydrogen-bond donors (Lipinski definition) is 3. The van der Waals surface area contributed by atoms with E-state index < -0.39 is 5.97 Å². The van der Waals surface area contributed by atoms with E-state index in [0.29, 0.717) is 32.7 Å². The number of likely N-dealkylation sites (N-methyl/N-ethyl adjacent to an activating group) is 1. The molecule has 0 aromatic rings. The van der Waals surface area contributed by atoms with Crippen LogP contribution in [0.3, 0.4) is 0 Å². The summed E-state index contributed by atoms with van der Waals surface area (Å²) in [5.41, 5.74) is 0. The Morgan fingerprint density at radius 3 is 1.64 bits per heavy atom. The molecule has 1 fully saturated rings. The highest BCUT2D eigenvalue weighted by Crippen LogP contribution is 2.00. The van der Waals surface area contributed by atoms with Crippen LogP contribution in [0.2, 0.25) is 0 Å². The lowest BCUT2D eigenvalue weighted by Crippen LogP contribution is -2.47. The number of hydrogen-bond acceptors (Lipinski definition) is 9. The van der Waals surface area contributed by atoms with Crippen LogP contribution in [0.4, 0.5) is 0 Å². The van der Waals surface area contributed by atoms with Crippen LogP contribution in [-0.2, 0) is 14.6 Å². The van der Waals surface area contributed by atoms with Crippen molar-refractivity contribution < 1.29 is 30.2 Å². The molecule has 3 N–H and O–H groups in total. The average molecular weight is 364 g/mol. The van der Waals surface area contributed by atoms with Gasteiger partial charge in [-0.25, -0.2) is 9.78 Å². The first-order valence-corrected chi connectivity index (χ1v) is 8.65. The van der Waals surface area contributed by atoms with Gasteiger partial charge in [-0.3, -0.25) is 30.0 Å². The van der Waals surface area contributed by atoms with Gasteiger partial charge >= 0.3 is 5.97 Å². The van der Waals surface area contributed by atoms with Gasteiger partial charge in [0.1, 0.15) is 0 Å². The molecular weight excluding hydrogens is 332 g/mol. The highest BCUT2D eigenvalue weighted by atomic mass is 17.1. The van der Waals surface area contributed by atoms with Crippen molar-refractivity contribution in [3.63, 3.8) is 0 Å². The first kappa shape index (κ1) is 22.2. The minimum atomic E-state index is -0.824. The van der Waals surface area contributed by atoms with Crippen molar-refractivity contribution >= 4 is 5.97 Å². The average Bonchev–Trinajstić information content (AvgIpc) is 2.58. The van der Waals surface area contributed by atoms with Gasteiger partial charge in [0.2, 0.25) is 0 Å². The molecule has 0 unspecified atom stereocenters. The van der Waals surface area contributed by atoms with Crippen molar-refractivity contribution in [1.82, 2.24) is 19.6 Å². The summed E-state index contributed by atoms with van der Waals surface area (Å²) in [5, 5.41) is 26.3. The van der Waals surface area contributed by atoms with Gasteiger partial charge in [0.15, 0.2) is 0 Å². The van der Waals surface area contributed by atoms with E-state index in [-0.39, 0.29) is 19.8 Å². The van der Waals surface area contributed by atoms with Crippen molar-refractivity contribution in [3.05, 3.63) is 0 Å². The van der Waals surface area contributed by atoms with Gasteiger partial charge in [-0.2, -0.15) is 0 Å². The fraction of sp³-hybridized carbons (Fsp3) is 0.933. The molecule has 1 aliphatic rings. The van der Waals surface area contributed by atoms with E-state index >= 15 is 0 Å². The van der Waals surface area contributed by atoms with Crippen LogP contribution < -0.4 is 0 Å². The molecule has 0 saturated carbocycles. The molecule has 0 atom stereocenters. The van der Waals surface area contributed by atoms with Crippen molar-refractivity contribution in [2.75, 3.05) is 92.3 Å². The Morgan fingerprint density at radius 1 is 0.800 bits per heavy atom. The number of nitrogens with zero attached hydrogens (tertiary/aromatic N) is 4. The van der Waals surface area contributed by atoms with E-state index in [9.17, 15) is 4.79 Å². The summed E-state index contributed by atoms with van der Waals surface area (Å²) in [4.78, 5) is 27.9. The number of carboxylic acids is 1. The van der Waals surface area contributed by atoms with E-state index in [2.05, 4.69) is 24.5 Å². The highest BCUT2D eigenvalue weighted by molar-refractivity contribution is 5.69. The van der Waals surface area contributed by atoms with Gasteiger partial charge in [-0.1, -0.05) is 0 Å². The van der Waals surface area contributed by atoms with Crippen molar-refractivity contribution in [2.45, 2.75) is 0 Å². The Labute approximate surface area is 149 Å². The van der Waals surface area contributed by atoms with E-state index in [1.54, 1.807) is 0 Å². The third-order valence-corrected chi connectivity index (χ3v) is 4.42. The van der Waals surface area contributed by atoms with Crippen LogP contribution in [-0.4, -0.2) is 133 Å². The molecule has 0 aromatic carbocycles. The maximum atomic E-state index is 11.1. The Balaban J connectivity index is 2.66. The van der Waals surface area contributed by atoms with Crippen LogP contribution >= 0.6 is 0 Å². The molecular formula is C15H32N4O6. The molecule has 148 valence electrons. The Morgan fingerprint density at radius 2 is 1.20 bits per heavy atom. The monoisotopic (exact) mass is 364 g/mol. The van der Waals surface area contributed by atoms with Crippen molar-refractivity contribution in [1.29, 1.82) is 0 Å². The Hall–Kier alpha value is -0.850. The lowest BCUT2D eigenvalue weighted by atomic mass is 10.3. The minimum Gasteiger partial charge on any atom is -0.480 e. The summed E-state index contributed by atoms with van der Waals surface area (Å²) < 4.78 is 0. The van der Waals surface area contributed by atoms with Gasteiger partial charge in [0.05, 0.1) is 19.8 Å². The maximum absolute atomic E-state index is 11.1. The molecule has 10 nitrogen and oxygen atoms in total. The maximum Gasteiger partial charge on any atom is 0.317 e. The van der Waals surface area contributed by atoms with E-state index in [0.717, 1.165) is 32.7 Å². The lowest BCUT2D eigenvalue weighted by molar-refractivity contribution is -0.245. The van der Waals surface area contributed by atoms with Crippen LogP contribution in [0.1, 0.15) is 0 Å². The zero-order chi connectivity index (χ0) is 18.5. The molecule has 1 saturated heterocycles. The first-order chi connectivity index (χ1) is 12.0. The number of rotatable bonds is 8. The zero-order valence-electron chi connectivity index (χ0n) is 15.0. The second-order valence-electron chi connectivity index (χ2n) is 6.32. The number of carboxylic acid groups (broad SMARTS) is 1. The van der Waals surface area contributed by atoms with Crippen LogP contribution in [0, 0.1) is 0 Å². The van der Waals surface area contributed by atoms with Gasteiger partial charge in [-0.15, -0.1) is 0 Å². The molecule has 25 heavy (non-hydrogen) atoms. The van der Waals surface area contributed by atoms with Crippen molar-refractivity contribution in [3.8, 4) is 0 Å². The quantitative estimate of drug-likeness (QED) is 0.363. The Kier molecular flexibility index (Phi) is 11.9. The van der Waals surface area contributed by atoms with Crippen LogP contribution in [0.15, 0.2) is 0 Å². The third kappa shape index (κ3) is 10.7. The number of aliphatic carboxylic acids is 1. The molecule has 0 bridgehead atoms. The fourth-order valence-corrected chi connectivity index (χ4v) is 2.77. The summed E-state index contributed by atoms with van der Waals surface area (Å²) >= 11 is 0. The van der Waals surface area contributed by atoms with Crippen LogP contribution in [0.25, 0.3) is 0 Å². The van der Waals surface area contributed by atoms with E-state index in [1.165, 1.54) is 0 Å². The molecule has 10 heteroatoms. The molecule has 1 aliphatic heterocycles. The van der Waals surface area contributed by atoms with Gasteiger partial charge in [0.25, 0.3) is 0 Å². The SMILES string of the molecule is CN1CCN(CCOO)CCN(CCOO)CCN(CC(=O)O)CC1. The molecule has 1 heterocycles. The molecule has 0 spiro atoms. The fourth-order valence-electron chi connectivity index (χ4n) is 2.77. The van der Waals surface area contributed by atoms with Gasteiger partial charge in [0, 0.05) is 65.4 Å². The third-order valence-electron chi connectivity index (χ3n) is 4.42. The molecule has 0 amide bonds. The van der Waals surface area contributed by atoms with Crippen LogP contribution in [0.5, 0.6) is 0 Å². The topological polar surface area (TPSA) is 109 Å². The van der Waals surface area contributed by atoms with E-state index in [1.807, 2.05) is 11.9 Å². The normalized spacial score (nSPS) is 20.9. The first-order valence-electron chi connectivity index (χ1n) is 8.65. The van der Waals surface area contributed by atoms with Gasteiger partial charge in [-0.05, 0) is 7.05 Å². The van der Waals surface area contributed by atoms with Gasteiger partial charge < -0.3 is 10.0 Å². The second kappa shape index (κ2) is 13.4. The second-order valence-corrected chi connectivity index (χ2v) is 6.32. The highest BCUT2D eigenvalue weighted by Gasteiger charge is 2.16. The summed E-state index contributed by atoms with van der Waals surface area (Å²) in [5.74, 6) is -0.824. The summed E-state index contributed by atoms with van der Waals surface area (Å²) in [6.45, 7) is 7.77. The number of carbonyl (C=O) groups is 1. The summed E-state index contributed by atoms with van der Waals surface area (Å²) in [7, 11) is 2.02. The lowest BCUT2D eigenvalue weighted by Gasteiger charge is -2.32. The zero-order valence-corrected chi connectivity index (χ0v) is 15.0. The Bertz CT molecular complexity index is 363. The molecule has 0 aromatic heterocycles. The predicted molar refractivity (Wildman–Crippen MR) is 91.6 cm³/mol. The smallest absolute Gasteiger partial charge is 0.317 e. The predicted octanol–water partition coefficient (Wildman–Crippen LogP) is -1.10. The minimum absolute atomic E-state index is 0.0259. The molecule has 1 rings (SSSR count). The molecule has 0 radical (unpaired) electrons. The standard InChI is InChI=1S/C15H32N4O6/c1-16-2-4-17(10-12-24-22)6-7-18(11-13-25-23)8-9-19(5-3-16)14-15(20)21/h22-23H,2-14H2,1H3,(H,20,21). The summed E-state index contributed by atoms with van der Waals surface area (Å²) in [6, 6.07) is 0. The summed E-state index contributed by atoms with van der Waals surface area (Å²) in [6.07, 6.45) is 0. The van der Waals surface area contributed by atoms with Crippen molar-refractivity contribution in [2.24, 2.45) is 0 Å². The largest absolute Gasteiger partial charge is 0.480 e.